The Morgan fingerprint density at radius 2 is 1.88 bits per heavy atom. The van der Waals surface area contributed by atoms with E-state index >= 15 is 0 Å². The molecule has 4 rings (SSSR count). The van der Waals surface area contributed by atoms with Gasteiger partial charge in [-0.15, -0.1) is 0 Å². The quantitative estimate of drug-likeness (QED) is 0.893. The Labute approximate surface area is 149 Å². The van der Waals surface area contributed by atoms with E-state index in [1.165, 1.54) is 12.8 Å². The van der Waals surface area contributed by atoms with Crippen LogP contribution in [-0.2, 0) is 0 Å². The SMILES string of the molecule is CN1CCN(C(=O)c2ccnc(N3[C@@H]4CC[C@H]3CC(CO)C4)c2)CC1. The summed E-state index contributed by atoms with van der Waals surface area (Å²) in [6.07, 6.45) is 6.17. The number of nitrogens with zero attached hydrogens (tertiary/aromatic N) is 4. The van der Waals surface area contributed by atoms with Gasteiger partial charge < -0.3 is 19.8 Å². The van der Waals surface area contributed by atoms with Gasteiger partial charge in [0.25, 0.3) is 5.91 Å². The van der Waals surface area contributed by atoms with E-state index in [2.05, 4.69) is 21.8 Å². The van der Waals surface area contributed by atoms with E-state index < -0.39 is 0 Å². The lowest BCUT2D eigenvalue weighted by Crippen LogP contribution is -2.47. The molecule has 0 radical (unpaired) electrons. The molecule has 1 unspecified atom stereocenters. The van der Waals surface area contributed by atoms with Gasteiger partial charge >= 0.3 is 0 Å². The number of hydrogen-bond acceptors (Lipinski definition) is 5. The van der Waals surface area contributed by atoms with Crippen LogP contribution in [0.15, 0.2) is 18.3 Å². The highest BCUT2D eigenvalue weighted by atomic mass is 16.3. The van der Waals surface area contributed by atoms with E-state index in [4.69, 9.17) is 0 Å². The Kier molecular flexibility index (Phi) is 4.65. The van der Waals surface area contributed by atoms with Crippen LogP contribution in [0.5, 0.6) is 0 Å². The molecule has 25 heavy (non-hydrogen) atoms. The van der Waals surface area contributed by atoms with Gasteiger partial charge in [-0.1, -0.05) is 0 Å². The van der Waals surface area contributed by atoms with Crippen molar-refractivity contribution in [2.24, 2.45) is 5.92 Å². The number of hydrogen-bond donors (Lipinski definition) is 1. The molecule has 6 heteroatoms. The number of aliphatic hydroxyl groups excluding tert-OH is 1. The normalized spacial score (nSPS) is 29.9. The second kappa shape index (κ2) is 6.92. The summed E-state index contributed by atoms with van der Waals surface area (Å²) in [5.41, 5.74) is 0.748. The Hall–Kier alpha value is -1.66. The fraction of sp³-hybridized carbons (Fsp3) is 0.684. The van der Waals surface area contributed by atoms with Gasteiger partial charge in [0, 0.05) is 56.6 Å². The zero-order chi connectivity index (χ0) is 17.4. The van der Waals surface area contributed by atoms with Crippen molar-refractivity contribution >= 4 is 11.7 Å². The van der Waals surface area contributed by atoms with E-state index in [1.54, 1.807) is 6.20 Å². The predicted molar refractivity (Wildman–Crippen MR) is 96.7 cm³/mol. The first-order valence-electron chi connectivity index (χ1n) is 9.48. The van der Waals surface area contributed by atoms with Gasteiger partial charge in [0.05, 0.1) is 0 Å². The van der Waals surface area contributed by atoms with Gasteiger partial charge in [-0.25, -0.2) is 4.98 Å². The van der Waals surface area contributed by atoms with Gasteiger partial charge in [-0.3, -0.25) is 4.79 Å². The maximum atomic E-state index is 12.8. The first-order chi connectivity index (χ1) is 12.2. The van der Waals surface area contributed by atoms with Gasteiger partial charge in [-0.05, 0) is 50.8 Å². The number of rotatable bonds is 3. The predicted octanol–water partition coefficient (Wildman–Crippen LogP) is 1.21. The van der Waals surface area contributed by atoms with Crippen molar-refractivity contribution in [1.29, 1.82) is 0 Å². The van der Waals surface area contributed by atoms with Gasteiger partial charge in [0.1, 0.15) is 5.82 Å². The van der Waals surface area contributed by atoms with Crippen molar-refractivity contribution in [3.8, 4) is 0 Å². The van der Waals surface area contributed by atoms with Crippen LogP contribution < -0.4 is 4.90 Å². The summed E-state index contributed by atoms with van der Waals surface area (Å²) in [6.45, 7) is 3.74. The summed E-state index contributed by atoms with van der Waals surface area (Å²) in [5, 5.41) is 9.50. The summed E-state index contributed by atoms with van der Waals surface area (Å²) >= 11 is 0. The van der Waals surface area contributed by atoms with Crippen LogP contribution >= 0.6 is 0 Å². The standard InChI is InChI=1S/C19H28N4O2/c1-21-6-8-22(9-7-21)19(25)15-4-5-20-18(12-15)23-16-2-3-17(23)11-14(10-16)13-24/h4-5,12,14,16-17,24H,2-3,6-11,13H2,1H3/t14?,16-,17+. The summed E-state index contributed by atoms with van der Waals surface area (Å²) in [6, 6.07) is 4.73. The van der Waals surface area contributed by atoms with E-state index in [0.29, 0.717) is 18.0 Å². The number of piperidine rings is 1. The maximum absolute atomic E-state index is 12.8. The van der Waals surface area contributed by atoms with E-state index in [0.717, 1.165) is 50.4 Å². The van der Waals surface area contributed by atoms with E-state index in [-0.39, 0.29) is 12.5 Å². The number of likely N-dealkylation sites (N-methyl/N-ethyl adjacent to an activating group) is 1. The van der Waals surface area contributed by atoms with Crippen molar-refractivity contribution in [2.75, 3.05) is 44.7 Å². The molecule has 0 spiro atoms. The fourth-order valence-electron chi connectivity index (χ4n) is 4.70. The Morgan fingerprint density at radius 1 is 1.20 bits per heavy atom. The number of fused-ring (bicyclic) bond motifs is 2. The lowest BCUT2D eigenvalue weighted by Gasteiger charge is -2.39. The number of anilines is 1. The third-order valence-electron chi connectivity index (χ3n) is 6.14. The van der Waals surface area contributed by atoms with Crippen LogP contribution in [0.3, 0.4) is 0 Å². The molecule has 1 aromatic rings. The average molecular weight is 344 g/mol. The van der Waals surface area contributed by atoms with Crippen LogP contribution in [0.4, 0.5) is 5.82 Å². The molecule has 1 N–H and O–H groups in total. The van der Waals surface area contributed by atoms with Crippen molar-refractivity contribution in [1.82, 2.24) is 14.8 Å². The number of pyridine rings is 1. The van der Waals surface area contributed by atoms with Crippen LogP contribution in [-0.4, -0.2) is 77.7 Å². The Morgan fingerprint density at radius 3 is 2.52 bits per heavy atom. The summed E-state index contributed by atoms with van der Waals surface area (Å²) in [4.78, 5) is 24.0. The topological polar surface area (TPSA) is 59.9 Å². The number of carbonyl (C=O) groups is 1. The van der Waals surface area contributed by atoms with Gasteiger partial charge in [-0.2, -0.15) is 0 Å². The van der Waals surface area contributed by atoms with Crippen LogP contribution in [0.1, 0.15) is 36.0 Å². The van der Waals surface area contributed by atoms with Crippen LogP contribution in [0.25, 0.3) is 0 Å². The molecule has 3 fully saturated rings. The summed E-state index contributed by atoms with van der Waals surface area (Å²) in [7, 11) is 2.10. The molecule has 3 atom stereocenters. The summed E-state index contributed by atoms with van der Waals surface area (Å²) in [5.74, 6) is 1.47. The first kappa shape index (κ1) is 16.8. The minimum atomic E-state index is 0.120. The molecule has 6 nitrogen and oxygen atoms in total. The molecule has 136 valence electrons. The zero-order valence-electron chi connectivity index (χ0n) is 15.0. The molecule has 1 aromatic heterocycles. The van der Waals surface area contributed by atoms with E-state index in [9.17, 15) is 9.90 Å². The molecule has 1 amide bonds. The Bertz CT molecular complexity index is 616. The number of carbonyl (C=O) groups excluding carboxylic acids is 1. The number of aromatic nitrogens is 1. The second-order valence-electron chi connectivity index (χ2n) is 7.81. The van der Waals surface area contributed by atoms with Crippen LogP contribution in [0.2, 0.25) is 0 Å². The molecular formula is C19H28N4O2. The molecule has 3 aliphatic heterocycles. The highest BCUT2D eigenvalue weighted by molar-refractivity contribution is 5.95. The lowest BCUT2D eigenvalue weighted by atomic mass is 9.91. The van der Waals surface area contributed by atoms with Crippen molar-refractivity contribution in [2.45, 2.75) is 37.8 Å². The zero-order valence-corrected chi connectivity index (χ0v) is 15.0. The number of amides is 1. The number of aliphatic hydroxyl groups is 1. The van der Waals surface area contributed by atoms with Crippen molar-refractivity contribution < 1.29 is 9.90 Å². The minimum Gasteiger partial charge on any atom is -0.396 e. The maximum Gasteiger partial charge on any atom is 0.254 e. The molecule has 4 heterocycles. The van der Waals surface area contributed by atoms with Gasteiger partial charge in [0.15, 0.2) is 0 Å². The molecule has 3 aliphatic rings. The van der Waals surface area contributed by atoms with Crippen molar-refractivity contribution in [3.05, 3.63) is 23.9 Å². The molecule has 3 saturated heterocycles. The molecule has 0 aliphatic carbocycles. The average Bonchev–Trinajstić information content (AvgIpc) is 2.91. The fourth-order valence-corrected chi connectivity index (χ4v) is 4.70. The molecule has 0 aromatic carbocycles. The molecule has 2 bridgehead atoms. The van der Waals surface area contributed by atoms with Crippen LogP contribution in [0, 0.1) is 5.92 Å². The largest absolute Gasteiger partial charge is 0.396 e. The number of piperazine rings is 1. The Balaban J connectivity index is 1.51. The van der Waals surface area contributed by atoms with Gasteiger partial charge in [0.2, 0.25) is 0 Å². The smallest absolute Gasteiger partial charge is 0.254 e. The minimum absolute atomic E-state index is 0.120. The highest BCUT2D eigenvalue weighted by Crippen LogP contribution is 2.40. The van der Waals surface area contributed by atoms with Crippen molar-refractivity contribution in [3.63, 3.8) is 0 Å². The summed E-state index contributed by atoms with van der Waals surface area (Å²) < 4.78 is 0. The first-order valence-corrected chi connectivity index (χ1v) is 9.48. The monoisotopic (exact) mass is 344 g/mol. The highest BCUT2D eigenvalue weighted by Gasteiger charge is 2.41. The molecular weight excluding hydrogens is 316 g/mol. The third-order valence-corrected chi connectivity index (χ3v) is 6.14. The second-order valence-corrected chi connectivity index (χ2v) is 7.81. The third kappa shape index (κ3) is 3.25. The molecule has 0 saturated carbocycles. The van der Waals surface area contributed by atoms with E-state index in [1.807, 2.05) is 17.0 Å². The lowest BCUT2D eigenvalue weighted by molar-refractivity contribution is 0.0664.